The van der Waals surface area contributed by atoms with E-state index in [4.69, 9.17) is 17.3 Å². The van der Waals surface area contributed by atoms with Gasteiger partial charge in [-0.05, 0) is 42.8 Å². The minimum Gasteiger partial charge on any atom is -0.404 e. The number of ether oxygens (including phenoxy) is 1. The number of halogens is 5. The third kappa shape index (κ3) is 7.59. The van der Waals surface area contributed by atoms with Crippen LogP contribution < -0.4 is 15.8 Å². The number of alkyl halides is 3. The highest BCUT2D eigenvalue weighted by molar-refractivity contribution is 6.32. The lowest BCUT2D eigenvalue weighted by molar-refractivity contribution is -0.274. The topological polar surface area (TPSA) is 87.9 Å². The molecule has 0 radical (unpaired) electrons. The number of nitrogens with two attached hydrogens (primary N) is 1. The maximum atomic E-state index is 13.1. The number of anilines is 1. The van der Waals surface area contributed by atoms with E-state index < -0.39 is 23.2 Å². The molecule has 0 saturated carbocycles. The Morgan fingerprint density at radius 2 is 1.91 bits per heavy atom. The van der Waals surface area contributed by atoms with Gasteiger partial charge in [-0.1, -0.05) is 23.7 Å². The van der Waals surface area contributed by atoms with Crippen LogP contribution in [0.15, 0.2) is 42.5 Å². The van der Waals surface area contributed by atoms with E-state index in [1.165, 1.54) is 24.3 Å². The molecule has 2 aromatic carbocycles. The third-order valence-corrected chi connectivity index (χ3v) is 5.60. The van der Waals surface area contributed by atoms with E-state index in [-0.39, 0.29) is 29.0 Å². The van der Waals surface area contributed by atoms with Gasteiger partial charge in [-0.15, -0.1) is 13.2 Å². The fraction of sp³-hybridized carbons (Fsp3) is 0.304. The molecule has 2 aromatic rings. The summed E-state index contributed by atoms with van der Waals surface area (Å²) in [5.74, 6) is -1.36. The van der Waals surface area contributed by atoms with Gasteiger partial charge < -0.3 is 20.7 Å². The van der Waals surface area contributed by atoms with Crippen LogP contribution in [0.2, 0.25) is 5.02 Å². The maximum absolute atomic E-state index is 13.1. The zero-order valence-corrected chi connectivity index (χ0v) is 19.4. The average molecular weight is 515 g/mol. The monoisotopic (exact) mass is 514 g/mol. The van der Waals surface area contributed by atoms with E-state index in [1.54, 1.807) is 17.0 Å². The molecular formula is C23H23ClF4N4O3. The summed E-state index contributed by atoms with van der Waals surface area (Å²) in [4.78, 5) is 27.9. The minimum atomic E-state index is -4.98. The highest BCUT2D eigenvalue weighted by Crippen LogP contribution is 2.35. The SMILES string of the molecule is C[C@@H]1CN(Cc2ccc(F)cc2)CCN1C(=O)C=Cc1cc(OC(F)(F)F)c(Cl)cc1NC(N)=O. The molecule has 0 unspecified atom stereocenters. The number of carbonyl (C=O) groups excluding carboxylic acids is 2. The number of primary amides is 1. The van der Waals surface area contributed by atoms with Crippen molar-refractivity contribution in [1.29, 1.82) is 0 Å². The second-order valence-corrected chi connectivity index (χ2v) is 8.39. The summed E-state index contributed by atoms with van der Waals surface area (Å²) in [6, 6.07) is 7.10. The van der Waals surface area contributed by atoms with Gasteiger partial charge in [-0.25, -0.2) is 9.18 Å². The molecule has 1 heterocycles. The Morgan fingerprint density at radius 1 is 1.23 bits per heavy atom. The van der Waals surface area contributed by atoms with Gasteiger partial charge in [0, 0.05) is 43.9 Å². The van der Waals surface area contributed by atoms with Crippen molar-refractivity contribution in [3.63, 3.8) is 0 Å². The number of amides is 3. The van der Waals surface area contributed by atoms with Crippen LogP contribution in [0.1, 0.15) is 18.1 Å². The molecule has 12 heteroatoms. The number of hydrogen-bond donors (Lipinski definition) is 2. The third-order valence-electron chi connectivity index (χ3n) is 5.31. The number of nitrogens with zero attached hydrogens (tertiary/aromatic N) is 2. The number of piperazine rings is 1. The number of benzene rings is 2. The van der Waals surface area contributed by atoms with Gasteiger partial charge in [-0.2, -0.15) is 0 Å². The van der Waals surface area contributed by atoms with Crippen molar-refractivity contribution in [1.82, 2.24) is 9.80 Å². The Labute approximate surface area is 204 Å². The molecule has 1 saturated heterocycles. The van der Waals surface area contributed by atoms with Crippen molar-refractivity contribution < 1.29 is 31.9 Å². The summed E-state index contributed by atoms with van der Waals surface area (Å²) >= 11 is 5.83. The smallest absolute Gasteiger partial charge is 0.404 e. The van der Waals surface area contributed by atoms with Crippen molar-refractivity contribution in [3.05, 3.63) is 64.4 Å². The molecule has 35 heavy (non-hydrogen) atoms. The lowest BCUT2D eigenvalue weighted by Gasteiger charge is -2.39. The van der Waals surface area contributed by atoms with Gasteiger partial charge in [-0.3, -0.25) is 9.69 Å². The summed E-state index contributed by atoms with van der Waals surface area (Å²) in [7, 11) is 0. The van der Waals surface area contributed by atoms with Crippen LogP contribution in [-0.4, -0.2) is 53.8 Å². The fourth-order valence-electron chi connectivity index (χ4n) is 3.76. The molecule has 0 aromatic heterocycles. The Hall–Kier alpha value is -3.31. The molecule has 0 spiro atoms. The number of carbonyl (C=O) groups is 2. The Balaban J connectivity index is 1.71. The largest absolute Gasteiger partial charge is 0.573 e. The first-order valence-corrected chi connectivity index (χ1v) is 10.9. The van der Waals surface area contributed by atoms with Crippen molar-refractivity contribution in [2.45, 2.75) is 25.9 Å². The van der Waals surface area contributed by atoms with Gasteiger partial charge in [0.05, 0.1) is 10.7 Å². The standard InChI is InChI=1S/C23H23ClF4N4O3/c1-14-12-31(13-15-2-5-17(25)6-3-15)8-9-32(14)21(33)7-4-16-10-20(35-23(26,27)28)18(24)11-19(16)30-22(29)34/h2-7,10-11,14H,8-9,12-13H2,1H3,(H3,29,30,34)/t14-/m1/s1. The van der Waals surface area contributed by atoms with E-state index in [9.17, 15) is 27.2 Å². The highest BCUT2D eigenvalue weighted by atomic mass is 35.5. The molecular weight excluding hydrogens is 492 g/mol. The van der Waals surface area contributed by atoms with Gasteiger partial charge in [0.2, 0.25) is 5.91 Å². The fourth-order valence-corrected chi connectivity index (χ4v) is 3.96. The second-order valence-electron chi connectivity index (χ2n) is 7.98. The summed E-state index contributed by atoms with van der Waals surface area (Å²) in [5, 5.41) is 1.86. The summed E-state index contributed by atoms with van der Waals surface area (Å²) in [6.07, 6.45) is -2.54. The molecule has 0 bridgehead atoms. The van der Waals surface area contributed by atoms with Crippen LogP contribution in [0, 0.1) is 5.82 Å². The van der Waals surface area contributed by atoms with E-state index >= 15 is 0 Å². The molecule has 3 N–H and O–H groups in total. The first kappa shape index (κ1) is 26.3. The van der Waals surface area contributed by atoms with Gasteiger partial charge in [0.15, 0.2) is 0 Å². The molecule has 1 fully saturated rings. The van der Waals surface area contributed by atoms with E-state index in [1.807, 2.05) is 6.92 Å². The van der Waals surface area contributed by atoms with E-state index in [2.05, 4.69) is 15.0 Å². The van der Waals surface area contributed by atoms with Crippen LogP contribution in [0.25, 0.3) is 6.08 Å². The second kappa shape index (κ2) is 11.0. The highest BCUT2D eigenvalue weighted by Gasteiger charge is 2.32. The summed E-state index contributed by atoms with van der Waals surface area (Å²) < 4.78 is 55.1. The van der Waals surface area contributed by atoms with Crippen molar-refractivity contribution in [2.75, 3.05) is 25.0 Å². The zero-order valence-electron chi connectivity index (χ0n) is 18.6. The van der Waals surface area contributed by atoms with Crippen LogP contribution in [-0.2, 0) is 11.3 Å². The van der Waals surface area contributed by atoms with Gasteiger partial charge in [0.1, 0.15) is 11.6 Å². The van der Waals surface area contributed by atoms with E-state index in [0.717, 1.165) is 17.7 Å². The number of hydrogen-bond acceptors (Lipinski definition) is 4. The molecule has 0 aliphatic carbocycles. The van der Waals surface area contributed by atoms with Crippen molar-refractivity contribution >= 4 is 35.3 Å². The van der Waals surface area contributed by atoms with Crippen LogP contribution in [0.3, 0.4) is 0 Å². The Bertz CT molecular complexity index is 1110. The van der Waals surface area contributed by atoms with Crippen LogP contribution in [0.4, 0.5) is 28.0 Å². The predicted octanol–water partition coefficient (Wildman–Crippen LogP) is 4.61. The molecule has 3 amide bonds. The first-order valence-electron chi connectivity index (χ1n) is 10.5. The number of urea groups is 1. The number of nitrogens with one attached hydrogen (secondary N) is 1. The lowest BCUT2D eigenvalue weighted by Crippen LogP contribution is -2.53. The maximum Gasteiger partial charge on any atom is 0.573 e. The quantitative estimate of drug-likeness (QED) is 0.435. The first-order chi connectivity index (χ1) is 16.4. The van der Waals surface area contributed by atoms with Gasteiger partial charge in [0.25, 0.3) is 0 Å². The lowest BCUT2D eigenvalue weighted by atomic mass is 10.1. The van der Waals surface area contributed by atoms with Crippen molar-refractivity contribution in [3.8, 4) is 5.75 Å². The summed E-state index contributed by atoms with van der Waals surface area (Å²) in [6.45, 7) is 4.06. The Morgan fingerprint density at radius 3 is 2.51 bits per heavy atom. The van der Waals surface area contributed by atoms with Gasteiger partial charge >= 0.3 is 12.4 Å². The molecule has 7 nitrogen and oxygen atoms in total. The van der Waals surface area contributed by atoms with E-state index in [0.29, 0.717) is 26.2 Å². The predicted molar refractivity (Wildman–Crippen MR) is 123 cm³/mol. The molecule has 3 rings (SSSR count). The van der Waals surface area contributed by atoms with Crippen LogP contribution in [0.5, 0.6) is 5.75 Å². The Kier molecular flexibility index (Phi) is 8.23. The number of rotatable bonds is 6. The molecule has 1 atom stereocenters. The minimum absolute atomic E-state index is 0.0123. The summed E-state index contributed by atoms with van der Waals surface area (Å²) in [5.41, 5.74) is 6.13. The average Bonchev–Trinajstić information content (AvgIpc) is 2.75. The molecule has 1 aliphatic rings. The molecule has 1 aliphatic heterocycles. The van der Waals surface area contributed by atoms with Crippen LogP contribution >= 0.6 is 11.6 Å². The zero-order chi connectivity index (χ0) is 25.8. The van der Waals surface area contributed by atoms with Crippen molar-refractivity contribution in [2.24, 2.45) is 5.73 Å². The normalized spacial score (nSPS) is 17.0. The molecule has 188 valence electrons.